The van der Waals surface area contributed by atoms with Crippen molar-refractivity contribution in [3.8, 4) is 5.69 Å². The zero-order valence-corrected chi connectivity index (χ0v) is 12.3. The summed E-state index contributed by atoms with van der Waals surface area (Å²) in [7, 11) is 0. The summed E-state index contributed by atoms with van der Waals surface area (Å²) in [6, 6.07) is 7.48. The first-order valence-electron chi connectivity index (χ1n) is 5.59. The minimum Gasteiger partial charge on any atom is -0.329 e. The number of benzene rings is 1. The second-order valence-corrected chi connectivity index (χ2v) is 5.48. The summed E-state index contributed by atoms with van der Waals surface area (Å²) in [5, 5.41) is 1.23. The van der Waals surface area contributed by atoms with E-state index >= 15 is 0 Å². The number of aryl methyl sites for hydroxylation is 1. The molecule has 3 nitrogen and oxygen atoms in total. The van der Waals surface area contributed by atoms with Crippen LogP contribution in [0.15, 0.2) is 30.5 Å². The lowest BCUT2D eigenvalue weighted by atomic mass is 10.2. The fourth-order valence-corrected chi connectivity index (χ4v) is 2.64. The van der Waals surface area contributed by atoms with Gasteiger partial charge in [0.05, 0.1) is 16.2 Å². The van der Waals surface area contributed by atoms with Gasteiger partial charge in [-0.2, -0.15) is 0 Å². The number of H-pyrrole nitrogens is 1. The molecule has 0 aliphatic carbocycles. The van der Waals surface area contributed by atoms with E-state index < -0.39 is 0 Å². The minimum atomic E-state index is 0.565. The molecule has 3 rings (SSSR count). The topological polar surface area (TPSA) is 33.6 Å². The lowest BCUT2D eigenvalue weighted by Gasteiger charge is -2.08. The molecule has 0 fully saturated rings. The van der Waals surface area contributed by atoms with Crippen molar-refractivity contribution in [2.24, 2.45) is 0 Å². The molecule has 19 heavy (non-hydrogen) atoms. The molecule has 6 heteroatoms. The molecule has 0 saturated heterocycles. The van der Waals surface area contributed by atoms with Crippen molar-refractivity contribution in [3.05, 3.63) is 50.8 Å². The highest BCUT2D eigenvalue weighted by molar-refractivity contribution is 7.71. The number of nitrogens with one attached hydrogen (secondary N) is 1. The minimum absolute atomic E-state index is 0.565. The fourth-order valence-electron chi connectivity index (χ4n) is 2.02. The van der Waals surface area contributed by atoms with Crippen LogP contribution < -0.4 is 0 Å². The number of rotatable bonds is 1. The molecule has 0 saturated carbocycles. The van der Waals surface area contributed by atoms with Gasteiger partial charge < -0.3 is 4.98 Å². The van der Waals surface area contributed by atoms with Crippen LogP contribution in [0.1, 0.15) is 5.56 Å². The standard InChI is InChI=1S/C13H9Cl2N3S/c1-7-2-3-8(14)5-11(7)18-12-10(17-13(18)19)4-9(15)6-16-12/h2-6H,1H3,(H,17,19). The summed E-state index contributed by atoms with van der Waals surface area (Å²) in [5.41, 5.74) is 3.52. The highest BCUT2D eigenvalue weighted by Gasteiger charge is 2.10. The van der Waals surface area contributed by atoms with Crippen molar-refractivity contribution >= 4 is 46.6 Å². The van der Waals surface area contributed by atoms with Gasteiger partial charge in [-0.15, -0.1) is 0 Å². The Morgan fingerprint density at radius 1 is 1.21 bits per heavy atom. The molecule has 96 valence electrons. The maximum atomic E-state index is 6.06. The van der Waals surface area contributed by atoms with Crippen LogP contribution in [0, 0.1) is 11.7 Å². The van der Waals surface area contributed by atoms with Crippen molar-refractivity contribution < 1.29 is 0 Å². The normalized spacial score (nSPS) is 11.1. The average Bonchev–Trinajstić information content (AvgIpc) is 2.67. The summed E-state index contributed by atoms with van der Waals surface area (Å²) in [5.74, 6) is 0. The second-order valence-electron chi connectivity index (χ2n) is 4.22. The van der Waals surface area contributed by atoms with Crippen LogP contribution in [0.4, 0.5) is 0 Å². The molecule has 1 aromatic carbocycles. The highest BCUT2D eigenvalue weighted by Crippen LogP contribution is 2.24. The van der Waals surface area contributed by atoms with Crippen LogP contribution in [-0.2, 0) is 0 Å². The Kier molecular flexibility index (Phi) is 3.09. The van der Waals surface area contributed by atoms with E-state index in [2.05, 4.69) is 9.97 Å². The van der Waals surface area contributed by atoms with Gasteiger partial charge in [-0.25, -0.2) is 4.98 Å². The Balaban J connectivity index is 2.39. The van der Waals surface area contributed by atoms with Crippen LogP contribution in [0.2, 0.25) is 10.0 Å². The van der Waals surface area contributed by atoms with E-state index in [0.717, 1.165) is 22.4 Å². The first-order valence-corrected chi connectivity index (χ1v) is 6.75. The van der Waals surface area contributed by atoms with Gasteiger partial charge in [0.25, 0.3) is 0 Å². The third-order valence-electron chi connectivity index (χ3n) is 2.90. The van der Waals surface area contributed by atoms with Gasteiger partial charge in [0, 0.05) is 11.2 Å². The average molecular weight is 310 g/mol. The Morgan fingerprint density at radius 2 is 2.00 bits per heavy atom. The number of aromatic nitrogens is 3. The van der Waals surface area contributed by atoms with Gasteiger partial charge in [-0.1, -0.05) is 29.3 Å². The number of pyridine rings is 1. The highest BCUT2D eigenvalue weighted by atomic mass is 35.5. The van der Waals surface area contributed by atoms with E-state index in [-0.39, 0.29) is 0 Å². The molecule has 0 radical (unpaired) electrons. The Morgan fingerprint density at radius 3 is 2.79 bits per heavy atom. The first kappa shape index (κ1) is 12.7. The van der Waals surface area contributed by atoms with Gasteiger partial charge in [0.15, 0.2) is 10.4 Å². The lowest BCUT2D eigenvalue weighted by Crippen LogP contribution is -1.98. The maximum absolute atomic E-state index is 6.06. The molecule has 0 aliphatic heterocycles. The lowest BCUT2D eigenvalue weighted by molar-refractivity contribution is 1.03. The van der Waals surface area contributed by atoms with E-state index in [1.165, 1.54) is 0 Å². The Bertz CT molecular complexity index is 836. The van der Waals surface area contributed by atoms with Gasteiger partial charge in [0.1, 0.15) is 0 Å². The largest absolute Gasteiger partial charge is 0.329 e. The number of hydrogen-bond donors (Lipinski definition) is 1. The zero-order valence-electron chi connectivity index (χ0n) is 9.95. The van der Waals surface area contributed by atoms with E-state index in [1.807, 2.05) is 29.7 Å². The van der Waals surface area contributed by atoms with Crippen LogP contribution in [-0.4, -0.2) is 14.5 Å². The van der Waals surface area contributed by atoms with Gasteiger partial charge in [-0.05, 0) is 42.9 Å². The number of nitrogens with zero attached hydrogens (tertiary/aromatic N) is 2. The Labute approximate surface area is 124 Å². The summed E-state index contributed by atoms with van der Waals surface area (Å²) >= 11 is 17.4. The van der Waals surface area contributed by atoms with E-state index in [0.29, 0.717) is 14.8 Å². The third-order valence-corrected chi connectivity index (χ3v) is 3.63. The molecule has 2 aromatic heterocycles. The predicted molar refractivity (Wildman–Crippen MR) is 81.0 cm³/mol. The summed E-state index contributed by atoms with van der Waals surface area (Å²) in [6.45, 7) is 2.00. The number of fused-ring (bicyclic) bond motifs is 1. The SMILES string of the molecule is Cc1ccc(Cl)cc1-n1c(=S)[nH]c2cc(Cl)cnc21. The van der Waals surface area contributed by atoms with Gasteiger partial charge in [-0.3, -0.25) is 4.57 Å². The van der Waals surface area contributed by atoms with Crippen molar-refractivity contribution in [2.75, 3.05) is 0 Å². The number of halogens is 2. The number of imidazole rings is 1. The smallest absolute Gasteiger partial charge is 0.184 e. The predicted octanol–water partition coefficient (Wildman–Crippen LogP) is 4.70. The third kappa shape index (κ3) is 2.16. The van der Waals surface area contributed by atoms with E-state index in [1.54, 1.807) is 12.3 Å². The first-order chi connectivity index (χ1) is 9.06. The monoisotopic (exact) mass is 309 g/mol. The van der Waals surface area contributed by atoms with Crippen molar-refractivity contribution in [1.82, 2.24) is 14.5 Å². The number of hydrogen-bond acceptors (Lipinski definition) is 2. The molecule has 0 amide bonds. The van der Waals surface area contributed by atoms with Crippen LogP contribution in [0.5, 0.6) is 0 Å². The molecule has 0 bridgehead atoms. The van der Waals surface area contributed by atoms with Crippen LogP contribution >= 0.6 is 35.4 Å². The van der Waals surface area contributed by atoms with Crippen LogP contribution in [0.3, 0.4) is 0 Å². The maximum Gasteiger partial charge on any atom is 0.184 e. The molecule has 0 unspecified atom stereocenters. The molecule has 0 aliphatic rings. The summed E-state index contributed by atoms with van der Waals surface area (Å²) < 4.78 is 2.43. The molecule has 3 aromatic rings. The van der Waals surface area contributed by atoms with Crippen LogP contribution in [0.25, 0.3) is 16.9 Å². The molecule has 0 atom stereocenters. The fraction of sp³-hybridized carbons (Fsp3) is 0.0769. The quantitative estimate of drug-likeness (QED) is 0.661. The number of aromatic amines is 1. The molecule has 2 heterocycles. The summed E-state index contributed by atoms with van der Waals surface area (Å²) in [6.07, 6.45) is 1.60. The van der Waals surface area contributed by atoms with Crippen molar-refractivity contribution in [1.29, 1.82) is 0 Å². The zero-order chi connectivity index (χ0) is 13.6. The van der Waals surface area contributed by atoms with E-state index in [4.69, 9.17) is 35.4 Å². The molecule has 1 N–H and O–H groups in total. The van der Waals surface area contributed by atoms with Gasteiger partial charge >= 0.3 is 0 Å². The van der Waals surface area contributed by atoms with Gasteiger partial charge in [0.2, 0.25) is 0 Å². The summed E-state index contributed by atoms with van der Waals surface area (Å²) in [4.78, 5) is 7.44. The second kappa shape index (κ2) is 4.63. The molecular weight excluding hydrogens is 301 g/mol. The van der Waals surface area contributed by atoms with E-state index in [9.17, 15) is 0 Å². The molecular formula is C13H9Cl2N3S. The Hall–Kier alpha value is -1.36. The van der Waals surface area contributed by atoms with Crippen molar-refractivity contribution in [2.45, 2.75) is 6.92 Å². The van der Waals surface area contributed by atoms with Crippen molar-refractivity contribution in [3.63, 3.8) is 0 Å². The molecule has 0 spiro atoms.